The molecular weight excluding hydrogens is 280 g/mol. The number of thiophene rings is 1. The molecule has 0 atom stereocenters. The first kappa shape index (κ1) is 15.5. The minimum Gasteiger partial charge on any atom is -0.352 e. The van der Waals surface area contributed by atoms with Crippen LogP contribution in [0.2, 0.25) is 0 Å². The fourth-order valence-electron chi connectivity index (χ4n) is 2.43. The fraction of sp³-hybridized carbons (Fsp3) is 0.438. The van der Waals surface area contributed by atoms with Gasteiger partial charge in [-0.3, -0.25) is 0 Å². The van der Waals surface area contributed by atoms with E-state index in [2.05, 4.69) is 42.2 Å². The van der Waals surface area contributed by atoms with Gasteiger partial charge >= 0.3 is 0 Å². The largest absolute Gasteiger partial charge is 0.352 e. The molecule has 0 N–H and O–H groups in total. The molecule has 0 spiro atoms. The van der Waals surface area contributed by atoms with Gasteiger partial charge in [0.15, 0.2) is 5.82 Å². The number of nitriles is 1. The first-order chi connectivity index (χ1) is 10.1. The molecular formula is C16H20N4S. The van der Waals surface area contributed by atoms with E-state index in [1.165, 1.54) is 9.75 Å². The van der Waals surface area contributed by atoms with Crippen molar-refractivity contribution in [3.8, 4) is 6.07 Å². The van der Waals surface area contributed by atoms with Crippen molar-refractivity contribution < 1.29 is 0 Å². The van der Waals surface area contributed by atoms with Crippen LogP contribution >= 0.6 is 11.3 Å². The van der Waals surface area contributed by atoms with Crippen LogP contribution in [0.3, 0.4) is 0 Å². The van der Waals surface area contributed by atoms with Crippen molar-refractivity contribution in [2.45, 2.75) is 40.2 Å². The standard InChI is InChI=1S/C16H20N4S/c1-5-13-14(9-17)16(19-18-15(13)6-2)20(4)10-12-8-7-11(3)21-12/h7-8H,5-6,10H2,1-4H3. The Bertz CT molecular complexity index is 669. The molecule has 21 heavy (non-hydrogen) atoms. The molecule has 2 aromatic rings. The van der Waals surface area contributed by atoms with E-state index in [1.54, 1.807) is 11.3 Å². The van der Waals surface area contributed by atoms with E-state index in [-0.39, 0.29) is 0 Å². The second kappa shape index (κ2) is 6.68. The summed E-state index contributed by atoms with van der Waals surface area (Å²) < 4.78 is 0. The molecule has 0 radical (unpaired) electrons. The van der Waals surface area contributed by atoms with Crippen LogP contribution < -0.4 is 4.90 Å². The molecule has 0 aliphatic rings. The van der Waals surface area contributed by atoms with E-state index in [0.29, 0.717) is 11.4 Å². The first-order valence-electron chi connectivity index (χ1n) is 7.15. The maximum atomic E-state index is 9.53. The maximum Gasteiger partial charge on any atom is 0.169 e. The van der Waals surface area contributed by atoms with Crippen molar-refractivity contribution in [2.24, 2.45) is 0 Å². The zero-order chi connectivity index (χ0) is 15.4. The zero-order valence-corrected chi connectivity index (χ0v) is 13.8. The molecule has 4 nitrogen and oxygen atoms in total. The molecule has 2 heterocycles. The topological polar surface area (TPSA) is 52.8 Å². The van der Waals surface area contributed by atoms with Crippen molar-refractivity contribution >= 4 is 17.2 Å². The summed E-state index contributed by atoms with van der Waals surface area (Å²) >= 11 is 1.77. The lowest BCUT2D eigenvalue weighted by molar-refractivity contribution is 0.823. The van der Waals surface area contributed by atoms with Gasteiger partial charge in [0.2, 0.25) is 0 Å². The third-order valence-electron chi connectivity index (χ3n) is 3.49. The van der Waals surface area contributed by atoms with E-state index in [1.807, 2.05) is 18.9 Å². The second-order valence-electron chi connectivity index (χ2n) is 5.01. The molecule has 0 aromatic carbocycles. The lowest BCUT2D eigenvalue weighted by Crippen LogP contribution is -2.20. The molecule has 2 aromatic heterocycles. The highest BCUT2D eigenvalue weighted by Gasteiger charge is 2.17. The van der Waals surface area contributed by atoms with Crippen LogP contribution in [0.15, 0.2) is 12.1 Å². The summed E-state index contributed by atoms with van der Waals surface area (Å²) in [6.07, 6.45) is 1.61. The molecule has 5 heteroatoms. The van der Waals surface area contributed by atoms with Gasteiger partial charge in [0.25, 0.3) is 0 Å². The molecule has 110 valence electrons. The fourth-order valence-corrected chi connectivity index (χ4v) is 3.37. The molecule has 0 aliphatic heterocycles. The molecule has 0 amide bonds. The van der Waals surface area contributed by atoms with Gasteiger partial charge in [0.1, 0.15) is 11.6 Å². The molecule has 0 unspecified atom stereocenters. The molecule has 0 saturated carbocycles. The maximum absolute atomic E-state index is 9.53. The Balaban J connectivity index is 2.37. The summed E-state index contributed by atoms with van der Waals surface area (Å²) in [6, 6.07) is 6.56. The smallest absolute Gasteiger partial charge is 0.169 e. The minimum absolute atomic E-state index is 0.667. The number of aromatic nitrogens is 2. The van der Waals surface area contributed by atoms with E-state index in [0.717, 1.165) is 30.6 Å². The number of rotatable bonds is 5. The third-order valence-corrected chi connectivity index (χ3v) is 4.48. The summed E-state index contributed by atoms with van der Waals surface area (Å²) in [5.41, 5.74) is 2.62. The second-order valence-corrected chi connectivity index (χ2v) is 6.38. The number of hydrogen-bond donors (Lipinski definition) is 0. The van der Waals surface area contributed by atoms with Crippen molar-refractivity contribution in [3.63, 3.8) is 0 Å². The molecule has 0 aliphatic carbocycles. The van der Waals surface area contributed by atoms with Crippen molar-refractivity contribution in [1.29, 1.82) is 5.26 Å². The molecule has 0 bridgehead atoms. The van der Waals surface area contributed by atoms with E-state index in [4.69, 9.17) is 0 Å². The normalized spacial score (nSPS) is 10.4. The Labute approximate surface area is 130 Å². The third kappa shape index (κ3) is 3.22. The summed E-state index contributed by atoms with van der Waals surface area (Å²) in [5, 5.41) is 18.1. The lowest BCUT2D eigenvalue weighted by Gasteiger charge is -2.20. The Hall–Kier alpha value is -1.93. The average molecular weight is 300 g/mol. The lowest BCUT2D eigenvalue weighted by atomic mass is 10.0. The summed E-state index contributed by atoms with van der Waals surface area (Å²) in [7, 11) is 1.96. The van der Waals surface area contributed by atoms with Crippen LogP contribution in [0.25, 0.3) is 0 Å². The highest BCUT2D eigenvalue weighted by Crippen LogP contribution is 2.25. The highest BCUT2D eigenvalue weighted by molar-refractivity contribution is 7.11. The van der Waals surface area contributed by atoms with Crippen molar-refractivity contribution in [2.75, 3.05) is 11.9 Å². The van der Waals surface area contributed by atoms with Gasteiger partial charge in [-0.1, -0.05) is 13.8 Å². The number of anilines is 1. The van der Waals surface area contributed by atoms with Crippen molar-refractivity contribution in [1.82, 2.24) is 10.2 Å². The van der Waals surface area contributed by atoms with Crippen LogP contribution in [0, 0.1) is 18.3 Å². The van der Waals surface area contributed by atoms with Gasteiger partial charge in [0.05, 0.1) is 12.2 Å². The Morgan fingerprint density at radius 1 is 1.24 bits per heavy atom. The summed E-state index contributed by atoms with van der Waals surface area (Å²) in [4.78, 5) is 4.56. The van der Waals surface area contributed by atoms with E-state index < -0.39 is 0 Å². The quantitative estimate of drug-likeness (QED) is 0.848. The predicted molar refractivity (Wildman–Crippen MR) is 86.7 cm³/mol. The SMILES string of the molecule is CCc1nnc(N(C)Cc2ccc(C)s2)c(C#N)c1CC. The Kier molecular flexibility index (Phi) is 4.92. The predicted octanol–water partition coefficient (Wildman–Crippen LogP) is 3.48. The van der Waals surface area contributed by atoms with Gasteiger partial charge in [-0.25, -0.2) is 0 Å². The van der Waals surface area contributed by atoms with Gasteiger partial charge in [0, 0.05) is 16.8 Å². The number of hydrogen-bond acceptors (Lipinski definition) is 5. The average Bonchev–Trinajstić information content (AvgIpc) is 2.90. The van der Waals surface area contributed by atoms with Crippen LogP contribution in [0.1, 0.15) is 40.4 Å². The summed E-state index contributed by atoms with van der Waals surface area (Å²) in [5.74, 6) is 0.678. The van der Waals surface area contributed by atoms with Crippen molar-refractivity contribution in [3.05, 3.63) is 38.7 Å². The highest BCUT2D eigenvalue weighted by atomic mass is 32.1. The molecule has 0 fully saturated rings. The number of aryl methyl sites for hydroxylation is 2. The minimum atomic E-state index is 0.667. The summed E-state index contributed by atoms with van der Waals surface area (Å²) in [6.45, 7) is 6.95. The van der Waals surface area contributed by atoms with Crippen LogP contribution in [0.4, 0.5) is 5.82 Å². The monoisotopic (exact) mass is 300 g/mol. The van der Waals surface area contributed by atoms with Crippen LogP contribution in [0.5, 0.6) is 0 Å². The molecule has 2 rings (SSSR count). The molecule has 0 saturated heterocycles. The van der Waals surface area contributed by atoms with Crippen LogP contribution in [-0.4, -0.2) is 17.2 Å². The van der Waals surface area contributed by atoms with Gasteiger partial charge in [-0.2, -0.15) is 10.4 Å². The Morgan fingerprint density at radius 2 is 2.00 bits per heavy atom. The zero-order valence-electron chi connectivity index (χ0n) is 13.0. The number of nitrogens with zero attached hydrogens (tertiary/aromatic N) is 4. The van der Waals surface area contributed by atoms with Gasteiger partial charge in [-0.15, -0.1) is 16.4 Å². The van der Waals surface area contributed by atoms with E-state index in [9.17, 15) is 5.26 Å². The van der Waals surface area contributed by atoms with Crippen LogP contribution in [-0.2, 0) is 19.4 Å². The van der Waals surface area contributed by atoms with E-state index >= 15 is 0 Å². The first-order valence-corrected chi connectivity index (χ1v) is 7.97. The van der Waals surface area contributed by atoms with Gasteiger partial charge < -0.3 is 4.90 Å². The Morgan fingerprint density at radius 3 is 2.52 bits per heavy atom. The van der Waals surface area contributed by atoms with Gasteiger partial charge in [-0.05, 0) is 37.5 Å².